The molecule has 2 rings (SSSR count). The Labute approximate surface area is 108 Å². The molecule has 2 heterocycles. The fraction of sp³-hybridized carbons (Fsp3) is 0.769. The summed E-state index contributed by atoms with van der Waals surface area (Å²) in [6, 6.07) is 0.509. The maximum absolute atomic E-state index is 4.19. The molecule has 0 radical (unpaired) electrons. The SMILES string of the molecule is CCN(CC1CCCNC1)C(C)c1cncs1. The van der Waals surface area contributed by atoms with E-state index in [1.807, 2.05) is 11.7 Å². The van der Waals surface area contributed by atoms with Gasteiger partial charge in [0.05, 0.1) is 5.51 Å². The molecule has 4 heteroatoms. The van der Waals surface area contributed by atoms with Crippen LogP contribution < -0.4 is 5.32 Å². The van der Waals surface area contributed by atoms with Crippen molar-refractivity contribution in [2.45, 2.75) is 32.7 Å². The predicted octanol–water partition coefficient (Wildman–Crippen LogP) is 2.53. The molecular formula is C13H23N3S. The van der Waals surface area contributed by atoms with E-state index < -0.39 is 0 Å². The van der Waals surface area contributed by atoms with E-state index in [2.05, 4.69) is 29.0 Å². The molecule has 1 aliphatic rings. The van der Waals surface area contributed by atoms with Gasteiger partial charge in [0, 0.05) is 23.7 Å². The van der Waals surface area contributed by atoms with Crippen LogP contribution in [-0.4, -0.2) is 36.1 Å². The number of piperidine rings is 1. The monoisotopic (exact) mass is 253 g/mol. The van der Waals surface area contributed by atoms with Crippen molar-refractivity contribution in [3.63, 3.8) is 0 Å². The van der Waals surface area contributed by atoms with E-state index in [4.69, 9.17) is 0 Å². The van der Waals surface area contributed by atoms with Crippen LogP contribution >= 0.6 is 11.3 Å². The van der Waals surface area contributed by atoms with E-state index in [0.29, 0.717) is 6.04 Å². The molecule has 0 aliphatic carbocycles. The van der Waals surface area contributed by atoms with E-state index in [1.165, 1.54) is 37.4 Å². The Morgan fingerprint density at radius 2 is 2.53 bits per heavy atom. The fourth-order valence-electron chi connectivity index (χ4n) is 2.58. The molecule has 2 unspecified atom stereocenters. The van der Waals surface area contributed by atoms with E-state index in [0.717, 1.165) is 12.5 Å². The van der Waals surface area contributed by atoms with E-state index >= 15 is 0 Å². The number of hydrogen-bond acceptors (Lipinski definition) is 4. The molecule has 1 fully saturated rings. The minimum Gasteiger partial charge on any atom is -0.316 e. The van der Waals surface area contributed by atoms with Crippen molar-refractivity contribution in [1.82, 2.24) is 15.2 Å². The van der Waals surface area contributed by atoms with Crippen LogP contribution in [0, 0.1) is 5.92 Å². The van der Waals surface area contributed by atoms with Crippen LogP contribution in [0.1, 0.15) is 37.6 Å². The van der Waals surface area contributed by atoms with Gasteiger partial charge >= 0.3 is 0 Å². The van der Waals surface area contributed by atoms with E-state index in [-0.39, 0.29) is 0 Å². The molecule has 1 aromatic rings. The highest BCUT2D eigenvalue weighted by Gasteiger charge is 2.21. The quantitative estimate of drug-likeness (QED) is 0.874. The van der Waals surface area contributed by atoms with Crippen LogP contribution in [0.2, 0.25) is 0 Å². The van der Waals surface area contributed by atoms with Gasteiger partial charge in [0.25, 0.3) is 0 Å². The molecule has 17 heavy (non-hydrogen) atoms. The summed E-state index contributed by atoms with van der Waals surface area (Å²) in [7, 11) is 0. The van der Waals surface area contributed by atoms with Gasteiger partial charge in [-0.25, -0.2) is 0 Å². The lowest BCUT2D eigenvalue weighted by Crippen LogP contribution is -2.39. The largest absolute Gasteiger partial charge is 0.316 e. The first-order valence-corrected chi connectivity index (χ1v) is 7.52. The third-order valence-electron chi connectivity index (χ3n) is 3.71. The summed E-state index contributed by atoms with van der Waals surface area (Å²) < 4.78 is 0. The predicted molar refractivity (Wildman–Crippen MR) is 73.4 cm³/mol. The summed E-state index contributed by atoms with van der Waals surface area (Å²) in [5.41, 5.74) is 1.93. The maximum atomic E-state index is 4.19. The van der Waals surface area contributed by atoms with Crippen molar-refractivity contribution < 1.29 is 0 Å². The Bertz CT molecular complexity index is 306. The normalized spacial score (nSPS) is 22.9. The second-order valence-electron chi connectivity index (χ2n) is 4.88. The summed E-state index contributed by atoms with van der Waals surface area (Å²) in [5.74, 6) is 0.819. The molecule has 3 nitrogen and oxygen atoms in total. The molecule has 2 atom stereocenters. The lowest BCUT2D eigenvalue weighted by Gasteiger charge is -2.32. The van der Waals surface area contributed by atoms with Crippen LogP contribution in [0.5, 0.6) is 0 Å². The average Bonchev–Trinajstić information content (AvgIpc) is 2.90. The van der Waals surface area contributed by atoms with Crippen molar-refractivity contribution in [3.8, 4) is 0 Å². The van der Waals surface area contributed by atoms with Crippen LogP contribution in [-0.2, 0) is 0 Å². The van der Waals surface area contributed by atoms with Crippen molar-refractivity contribution >= 4 is 11.3 Å². The zero-order chi connectivity index (χ0) is 12.1. The molecule has 1 N–H and O–H groups in total. The summed E-state index contributed by atoms with van der Waals surface area (Å²) in [6.07, 6.45) is 4.72. The van der Waals surface area contributed by atoms with Gasteiger partial charge in [-0.3, -0.25) is 9.88 Å². The molecular weight excluding hydrogens is 230 g/mol. The topological polar surface area (TPSA) is 28.2 Å². The number of nitrogens with one attached hydrogen (secondary N) is 1. The average molecular weight is 253 g/mol. The second-order valence-corrected chi connectivity index (χ2v) is 5.80. The Hall–Kier alpha value is -0.450. The first-order valence-electron chi connectivity index (χ1n) is 6.64. The Morgan fingerprint density at radius 3 is 3.12 bits per heavy atom. The molecule has 1 aliphatic heterocycles. The lowest BCUT2D eigenvalue weighted by atomic mass is 9.98. The van der Waals surface area contributed by atoms with Crippen LogP contribution in [0.15, 0.2) is 11.7 Å². The third-order valence-corrected chi connectivity index (χ3v) is 4.65. The van der Waals surface area contributed by atoms with Crippen LogP contribution in [0.3, 0.4) is 0 Å². The number of thiazole rings is 1. The van der Waals surface area contributed by atoms with E-state index in [9.17, 15) is 0 Å². The van der Waals surface area contributed by atoms with Crippen molar-refractivity contribution in [3.05, 3.63) is 16.6 Å². The fourth-order valence-corrected chi connectivity index (χ4v) is 3.30. The van der Waals surface area contributed by atoms with Crippen molar-refractivity contribution in [1.29, 1.82) is 0 Å². The van der Waals surface area contributed by atoms with Gasteiger partial charge < -0.3 is 5.32 Å². The summed E-state index contributed by atoms with van der Waals surface area (Å²) in [5, 5.41) is 3.50. The van der Waals surface area contributed by atoms with Crippen molar-refractivity contribution in [2.75, 3.05) is 26.2 Å². The molecule has 0 saturated carbocycles. The highest BCUT2D eigenvalue weighted by atomic mass is 32.1. The second kappa shape index (κ2) is 6.47. The number of rotatable bonds is 5. The molecule has 96 valence electrons. The number of hydrogen-bond donors (Lipinski definition) is 1. The van der Waals surface area contributed by atoms with Gasteiger partial charge in [0.15, 0.2) is 0 Å². The van der Waals surface area contributed by atoms with Gasteiger partial charge in [0.2, 0.25) is 0 Å². The maximum Gasteiger partial charge on any atom is 0.0794 e. The van der Waals surface area contributed by atoms with E-state index in [1.54, 1.807) is 11.3 Å². The summed E-state index contributed by atoms with van der Waals surface area (Å²) in [6.45, 7) is 9.28. The van der Waals surface area contributed by atoms with Gasteiger partial charge in [-0.15, -0.1) is 11.3 Å². The zero-order valence-corrected chi connectivity index (χ0v) is 11.7. The molecule has 0 aromatic carbocycles. The smallest absolute Gasteiger partial charge is 0.0794 e. The molecule has 0 bridgehead atoms. The Kier molecular flexibility index (Phi) is 4.95. The van der Waals surface area contributed by atoms with Gasteiger partial charge in [-0.05, 0) is 45.3 Å². The Morgan fingerprint density at radius 1 is 1.65 bits per heavy atom. The molecule has 0 amide bonds. The Balaban J connectivity index is 1.91. The highest BCUT2D eigenvalue weighted by Crippen LogP contribution is 2.25. The van der Waals surface area contributed by atoms with Gasteiger partial charge in [0.1, 0.15) is 0 Å². The van der Waals surface area contributed by atoms with Crippen molar-refractivity contribution in [2.24, 2.45) is 5.92 Å². The molecule has 0 spiro atoms. The minimum atomic E-state index is 0.509. The first kappa shape index (κ1) is 13.0. The molecule has 1 aromatic heterocycles. The summed E-state index contributed by atoms with van der Waals surface area (Å²) in [4.78, 5) is 8.15. The van der Waals surface area contributed by atoms with Crippen LogP contribution in [0.25, 0.3) is 0 Å². The third kappa shape index (κ3) is 3.50. The van der Waals surface area contributed by atoms with Gasteiger partial charge in [-0.1, -0.05) is 6.92 Å². The standard InChI is InChI=1S/C13H23N3S/c1-3-16(9-12-5-4-6-14-7-12)11(2)13-8-15-10-17-13/h8,10-12,14H,3-7,9H2,1-2H3. The van der Waals surface area contributed by atoms with Gasteiger partial charge in [-0.2, -0.15) is 0 Å². The molecule has 1 saturated heterocycles. The number of aromatic nitrogens is 1. The number of nitrogens with zero attached hydrogens (tertiary/aromatic N) is 2. The first-order chi connectivity index (χ1) is 8.31. The van der Waals surface area contributed by atoms with Crippen LogP contribution in [0.4, 0.5) is 0 Å². The summed E-state index contributed by atoms with van der Waals surface area (Å²) >= 11 is 1.77. The lowest BCUT2D eigenvalue weighted by molar-refractivity contribution is 0.173. The minimum absolute atomic E-state index is 0.509. The zero-order valence-electron chi connectivity index (χ0n) is 10.9. The highest BCUT2D eigenvalue weighted by molar-refractivity contribution is 7.09.